The van der Waals surface area contributed by atoms with E-state index in [0.29, 0.717) is 17.1 Å². The molecule has 3 rings (SSSR count). The number of anilines is 3. The van der Waals surface area contributed by atoms with Gasteiger partial charge in [-0.3, -0.25) is 4.79 Å². The second kappa shape index (κ2) is 3.06. The van der Waals surface area contributed by atoms with Crippen LogP contribution >= 0.6 is 11.3 Å². The fourth-order valence-electron chi connectivity index (χ4n) is 1.49. The molecule has 0 unspecified atom stereocenters. The Bertz CT molecular complexity index is 535. The molecule has 0 bridgehead atoms. The van der Waals surface area contributed by atoms with Crippen LogP contribution in [-0.2, 0) is 0 Å². The van der Waals surface area contributed by atoms with E-state index in [9.17, 15) is 4.79 Å². The van der Waals surface area contributed by atoms with Gasteiger partial charge in [-0.05, 0) is 12.1 Å². The van der Waals surface area contributed by atoms with Crippen LogP contribution in [0.2, 0.25) is 0 Å². The fourth-order valence-corrected chi connectivity index (χ4v) is 2.25. The molecule has 0 fully saturated rings. The van der Waals surface area contributed by atoms with Gasteiger partial charge in [-0.2, -0.15) is 0 Å². The summed E-state index contributed by atoms with van der Waals surface area (Å²) in [6.07, 6.45) is 1.69. The molecule has 0 saturated carbocycles. The van der Waals surface area contributed by atoms with Gasteiger partial charge >= 0.3 is 0 Å². The highest BCUT2D eigenvalue weighted by Crippen LogP contribution is 2.31. The van der Waals surface area contributed by atoms with E-state index in [4.69, 9.17) is 0 Å². The first-order valence-electron chi connectivity index (χ1n) is 4.44. The SMILES string of the molecule is O=C1Nc2cccnc2Nc2cscc21. The third-order valence-corrected chi connectivity index (χ3v) is 2.96. The summed E-state index contributed by atoms with van der Waals surface area (Å²) in [5.74, 6) is 0.591. The van der Waals surface area contributed by atoms with Crippen molar-refractivity contribution in [2.75, 3.05) is 10.6 Å². The van der Waals surface area contributed by atoms with Crippen molar-refractivity contribution >= 4 is 34.4 Å². The number of nitrogens with one attached hydrogen (secondary N) is 2. The van der Waals surface area contributed by atoms with Gasteiger partial charge in [0.2, 0.25) is 0 Å². The Morgan fingerprint density at radius 1 is 1.20 bits per heavy atom. The minimum absolute atomic E-state index is 0.0921. The van der Waals surface area contributed by atoms with Crippen molar-refractivity contribution in [3.05, 3.63) is 34.7 Å². The Morgan fingerprint density at radius 3 is 3.07 bits per heavy atom. The summed E-state index contributed by atoms with van der Waals surface area (Å²) in [6.45, 7) is 0. The average molecular weight is 217 g/mol. The molecular weight excluding hydrogens is 210 g/mol. The molecule has 1 amide bonds. The Balaban J connectivity index is 2.18. The van der Waals surface area contributed by atoms with Gasteiger partial charge in [0.15, 0.2) is 5.82 Å². The standard InChI is InChI=1S/C10H7N3OS/c14-10-6-4-15-5-8(6)12-9-7(13-10)2-1-3-11-9/h1-5H,(H,11,12)(H,13,14). The summed E-state index contributed by atoms with van der Waals surface area (Å²) in [5, 5.41) is 9.66. The highest BCUT2D eigenvalue weighted by atomic mass is 32.1. The molecule has 0 atom stereocenters. The van der Waals surface area contributed by atoms with Crippen LogP contribution in [0.1, 0.15) is 10.4 Å². The molecule has 0 spiro atoms. The number of hydrogen-bond donors (Lipinski definition) is 2. The van der Waals surface area contributed by atoms with Crippen molar-refractivity contribution in [1.29, 1.82) is 0 Å². The minimum Gasteiger partial charge on any atom is -0.337 e. The topological polar surface area (TPSA) is 54.0 Å². The summed E-state index contributed by atoms with van der Waals surface area (Å²) in [7, 11) is 0. The van der Waals surface area contributed by atoms with Crippen LogP contribution in [0.5, 0.6) is 0 Å². The molecule has 74 valence electrons. The lowest BCUT2D eigenvalue weighted by atomic mass is 10.3. The lowest BCUT2D eigenvalue weighted by molar-refractivity contribution is 0.102. The predicted octanol–water partition coefficient (Wildman–Crippen LogP) is 2.45. The normalized spacial score (nSPS) is 13.2. The van der Waals surface area contributed by atoms with Gasteiger partial charge in [0.1, 0.15) is 0 Å². The summed E-state index contributed by atoms with van der Waals surface area (Å²) in [5.41, 5.74) is 2.19. The molecule has 0 radical (unpaired) electrons. The molecule has 5 heteroatoms. The molecule has 15 heavy (non-hydrogen) atoms. The van der Waals surface area contributed by atoms with E-state index in [-0.39, 0.29) is 5.91 Å². The molecule has 2 aromatic heterocycles. The minimum atomic E-state index is -0.0921. The van der Waals surface area contributed by atoms with E-state index in [0.717, 1.165) is 5.69 Å². The molecular formula is C10H7N3OS. The van der Waals surface area contributed by atoms with Crippen molar-refractivity contribution in [2.45, 2.75) is 0 Å². The number of thiophene rings is 1. The Morgan fingerprint density at radius 2 is 2.13 bits per heavy atom. The largest absolute Gasteiger partial charge is 0.337 e. The summed E-state index contributed by atoms with van der Waals surface area (Å²) in [4.78, 5) is 15.9. The van der Waals surface area contributed by atoms with E-state index >= 15 is 0 Å². The zero-order valence-electron chi connectivity index (χ0n) is 7.65. The van der Waals surface area contributed by atoms with Crippen LogP contribution in [0.25, 0.3) is 0 Å². The number of nitrogens with zero attached hydrogens (tertiary/aromatic N) is 1. The first-order valence-corrected chi connectivity index (χ1v) is 5.38. The second-order valence-electron chi connectivity index (χ2n) is 3.18. The van der Waals surface area contributed by atoms with E-state index in [1.807, 2.05) is 16.8 Å². The third-order valence-electron chi connectivity index (χ3n) is 2.22. The van der Waals surface area contributed by atoms with Crippen molar-refractivity contribution in [3.8, 4) is 0 Å². The summed E-state index contributed by atoms with van der Waals surface area (Å²) in [6, 6.07) is 3.61. The maximum Gasteiger partial charge on any atom is 0.258 e. The summed E-state index contributed by atoms with van der Waals surface area (Å²) < 4.78 is 0. The molecule has 2 aromatic rings. The van der Waals surface area contributed by atoms with Gasteiger partial charge in [-0.25, -0.2) is 4.98 Å². The van der Waals surface area contributed by atoms with E-state index in [2.05, 4.69) is 15.6 Å². The quantitative estimate of drug-likeness (QED) is 0.712. The van der Waals surface area contributed by atoms with Crippen LogP contribution in [0.4, 0.5) is 17.2 Å². The number of hydrogen-bond acceptors (Lipinski definition) is 4. The maximum atomic E-state index is 11.8. The molecule has 0 saturated heterocycles. The first-order chi connectivity index (χ1) is 7.34. The Labute approximate surface area is 90.0 Å². The number of amides is 1. The van der Waals surface area contributed by atoms with Crippen LogP contribution in [-0.4, -0.2) is 10.9 Å². The zero-order valence-corrected chi connectivity index (χ0v) is 8.47. The first kappa shape index (κ1) is 8.43. The van der Waals surface area contributed by atoms with E-state index < -0.39 is 0 Å². The molecule has 0 aromatic carbocycles. The van der Waals surface area contributed by atoms with E-state index in [1.54, 1.807) is 12.3 Å². The van der Waals surface area contributed by atoms with Crippen LogP contribution in [0, 0.1) is 0 Å². The second-order valence-corrected chi connectivity index (χ2v) is 3.92. The van der Waals surface area contributed by atoms with Crippen LogP contribution in [0.3, 0.4) is 0 Å². The van der Waals surface area contributed by atoms with Crippen LogP contribution in [0.15, 0.2) is 29.1 Å². The van der Waals surface area contributed by atoms with Crippen molar-refractivity contribution < 1.29 is 4.79 Å². The van der Waals surface area contributed by atoms with Gasteiger partial charge in [0, 0.05) is 17.0 Å². The molecule has 1 aliphatic rings. The molecule has 3 heterocycles. The van der Waals surface area contributed by atoms with Gasteiger partial charge in [-0.15, -0.1) is 11.3 Å². The monoisotopic (exact) mass is 217 g/mol. The third kappa shape index (κ3) is 1.28. The number of carbonyl (C=O) groups is 1. The predicted molar refractivity (Wildman–Crippen MR) is 59.8 cm³/mol. The van der Waals surface area contributed by atoms with Crippen molar-refractivity contribution in [1.82, 2.24) is 4.98 Å². The Hall–Kier alpha value is -1.88. The lowest BCUT2D eigenvalue weighted by Crippen LogP contribution is -2.09. The highest BCUT2D eigenvalue weighted by molar-refractivity contribution is 7.08. The number of rotatable bonds is 0. The Kier molecular flexibility index (Phi) is 1.72. The summed E-state index contributed by atoms with van der Waals surface area (Å²) >= 11 is 1.49. The van der Waals surface area contributed by atoms with Gasteiger partial charge in [0.25, 0.3) is 5.91 Å². The van der Waals surface area contributed by atoms with Gasteiger partial charge in [-0.1, -0.05) is 0 Å². The van der Waals surface area contributed by atoms with Crippen molar-refractivity contribution in [3.63, 3.8) is 0 Å². The highest BCUT2D eigenvalue weighted by Gasteiger charge is 2.19. The molecule has 2 N–H and O–H groups in total. The number of aromatic nitrogens is 1. The maximum absolute atomic E-state index is 11.8. The lowest BCUT2D eigenvalue weighted by Gasteiger charge is -2.04. The molecule has 1 aliphatic heterocycles. The zero-order chi connectivity index (χ0) is 10.3. The molecule has 4 nitrogen and oxygen atoms in total. The fraction of sp³-hybridized carbons (Fsp3) is 0. The number of carbonyl (C=O) groups excluding carboxylic acids is 1. The average Bonchev–Trinajstić information content (AvgIpc) is 2.64. The van der Waals surface area contributed by atoms with Gasteiger partial charge < -0.3 is 10.6 Å². The van der Waals surface area contributed by atoms with Crippen LogP contribution < -0.4 is 10.6 Å². The van der Waals surface area contributed by atoms with E-state index in [1.165, 1.54) is 11.3 Å². The van der Waals surface area contributed by atoms with Crippen molar-refractivity contribution in [2.24, 2.45) is 0 Å². The smallest absolute Gasteiger partial charge is 0.258 e. The van der Waals surface area contributed by atoms with Gasteiger partial charge in [0.05, 0.1) is 16.9 Å². The number of fused-ring (bicyclic) bond motifs is 2. The number of pyridine rings is 1. The molecule has 0 aliphatic carbocycles.